The topological polar surface area (TPSA) is 60.8 Å². The lowest BCUT2D eigenvalue weighted by atomic mass is 10.3. The number of aliphatic hydroxyl groups is 2. The van der Waals surface area contributed by atoms with Crippen molar-refractivity contribution in [3.05, 3.63) is 0 Å². The molecule has 0 aliphatic carbocycles. The summed E-state index contributed by atoms with van der Waals surface area (Å²) in [4.78, 5) is 11.6. The molecule has 0 spiro atoms. The Bertz CT molecular complexity index is 104. The largest absolute Gasteiger partial charge is 0.392 e. The van der Waals surface area contributed by atoms with Crippen LogP contribution in [0.25, 0.3) is 0 Å². The molecule has 0 aliphatic heterocycles. The molecule has 0 aromatic carbocycles. The summed E-state index contributed by atoms with van der Waals surface area (Å²) in [7, 11) is 0. The van der Waals surface area contributed by atoms with Crippen molar-refractivity contribution in [2.24, 2.45) is 0 Å². The van der Waals surface area contributed by atoms with Crippen molar-refractivity contribution < 1.29 is 15.0 Å². The zero-order chi connectivity index (χ0) is 8.85. The van der Waals surface area contributed by atoms with Gasteiger partial charge in [-0.05, 0) is 13.8 Å². The first kappa shape index (κ1) is 10.4. The average molecular weight is 161 g/mol. The molecule has 2 atom stereocenters. The third-order valence-corrected chi connectivity index (χ3v) is 1.15. The maximum absolute atomic E-state index is 10.3. The third-order valence-electron chi connectivity index (χ3n) is 1.15. The van der Waals surface area contributed by atoms with Crippen LogP contribution in [0.1, 0.15) is 13.8 Å². The highest BCUT2D eigenvalue weighted by Crippen LogP contribution is 1.91. The Morgan fingerprint density at radius 3 is 1.82 bits per heavy atom. The highest BCUT2D eigenvalue weighted by atomic mass is 16.3. The molecule has 0 aromatic heterocycles. The van der Waals surface area contributed by atoms with Gasteiger partial charge in [0.25, 0.3) is 0 Å². The first-order valence-corrected chi connectivity index (χ1v) is 3.61. The van der Waals surface area contributed by atoms with Gasteiger partial charge in [0.15, 0.2) is 0 Å². The Balaban J connectivity index is 3.67. The first-order chi connectivity index (χ1) is 5.06. The fraction of sp³-hybridized carbons (Fsp3) is 0.857. The molecule has 0 bridgehead atoms. The molecule has 0 heterocycles. The summed E-state index contributed by atoms with van der Waals surface area (Å²) >= 11 is 0. The van der Waals surface area contributed by atoms with Gasteiger partial charge in [-0.15, -0.1) is 0 Å². The number of rotatable bonds is 5. The quantitative estimate of drug-likeness (QED) is 0.519. The summed E-state index contributed by atoms with van der Waals surface area (Å²) in [5.74, 6) is 0. The molecule has 0 fully saturated rings. The molecule has 0 aromatic rings. The van der Waals surface area contributed by atoms with E-state index in [1.807, 2.05) is 0 Å². The molecule has 0 aliphatic rings. The van der Waals surface area contributed by atoms with Gasteiger partial charge in [-0.2, -0.15) is 0 Å². The SMILES string of the molecule is CC(O)CN(C=O)CC(C)O. The number of carbonyl (C=O) groups excluding carboxylic acids is 1. The van der Waals surface area contributed by atoms with Crippen molar-refractivity contribution >= 4 is 6.41 Å². The summed E-state index contributed by atoms with van der Waals surface area (Å²) in [5, 5.41) is 17.8. The standard InChI is InChI=1S/C7H15NO3/c1-6(10)3-8(5-9)4-7(2)11/h5-7,10-11H,3-4H2,1-2H3. The summed E-state index contributed by atoms with van der Waals surface area (Å²) in [6, 6.07) is 0. The van der Waals surface area contributed by atoms with Crippen molar-refractivity contribution in [3.8, 4) is 0 Å². The van der Waals surface area contributed by atoms with Crippen LogP contribution >= 0.6 is 0 Å². The van der Waals surface area contributed by atoms with Crippen LogP contribution in [-0.4, -0.2) is 46.8 Å². The van der Waals surface area contributed by atoms with Crippen molar-refractivity contribution in [1.82, 2.24) is 4.90 Å². The minimum absolute atomic E-state index is 0.272. The van der Waals surface area contributed by atoms with Crippen LogP contribution in [0.5, 0.6) is 0 Å². The minimum Gasteiger partial charge on any atom is -0.392 e. The number of carbonyl (C=O) groups is 1. The minimum atomic E-state index is -0.543. The summed E-state index contributed by atoms with van der Waals surface area (Å²) in [6.07, 6.45) is -0.461. The monoisotopic (exact) mass is 161 g/mol. The van der Waals surface area contributed by atoms with Gasteiger partial charge in [0.1, 0.15) is 0 Å². The molecule has 11 heavy (non-hydrogen) atoms. The Kier molecular flexibility index (Phi) is 4.81. The maximum Gasteiger partial charge on any atom is 0.209 e. The van der Waals surface area contributed by atoms with Crippen LogP contribution < -0.4 is 0 Å². The van der Waals surface area contributed by atoms with Crippen LogP contribution in [0.15, 0.2) is 0 Å². The molecule has 4 nitrogen and oxygen atoms in total. The van der Waals surface area contributed by atoms with Crippen LogP contribution in [0.2, 0.25) is 0 Å². The van der Waals surface area contributed by atoms with E-state index in [0.717, 1.165) is 0 Å². The molecule has 0 radical (unpaired) electrons. The molecule has 0 saturated carbocycles. The van der Waals surface area contributed by atoms with Crippen molar-refractivity contribution in [2.45, 2.75) is 26.1 Å². The third kappa shape index (κ3) is 5.82. The highest BCUT2D eigenvalue weighted by Gasteiger charge is 2.07. The van der Waals surface area contributed by atoms with E-state index in [4.69, 9.17) is 10.2 Å². The molecule has 66 valence electrons. The second kappa shape index (κ2) is 5.09. The second-order valence-electron chi connectivity index (χ2n) is 2.76. The first-order valence-electron chi connectivity index (χ1n) is 3.61. The predicted octanol–water partition coefficient (Wildman–Crippen LogP) is -0.794. The van der Waals surface area contributed by atoms with Crippen molar-refractivity contribution in [1.29, 1.82) is 0 Å². The van der Waals surface area contributed by atoms with E-state index in [2.05, 4.69) is 0 Å². The molecule has 2 unspecified atom stereocenters. The Labute approximate surface area is 66.4 Å². The van der Waals surface area contributed by atoms with Crippen LogP contribution in [0.4, 0.5) is 0 Å². The molecule has 0 saturated heterocycles. The molecular weight excluding hydrogens is 146 g/mol. The van der Waals surface area contributed by atoms with E-state index in [0.29, 0.717) is 6.41 Å². The zero-order valence-electron chi connectivity index (χ0n) is 6.90. The van der Waals surface area contributed by atoms with Gasteiger partial charge in [0.2, 0.25) is 6.41 Å². The van der Waals surface area contributed by atoms with Gasteiger partial charge in [0.05, 0.1) is 12.2 Å². The molecule has 4 heteroatoms. The fourth-order valence-electron chi connectivity index (χ4n) is 0.839. The van der Waals surface area contributed by atoms with Crippen LogP contribution in [0, 0.1) is 0 Å². The van der Waals surface area contributed by atoms with Crippen molar-refractivity contribution in [3.63, 3.8) is 0 Å². The lowest BCUT2D eigenvalue weighted by molar-refractivity contribution is -0.120. The van der Waals surface area contributed by atoms with Crippen LogP contribution in [-0.2, 0) is 4.79 Å². The van der Waals surface area contributed by atoms with E-state index in [9.17, 15) is 4.79 Å². The van der Waals surface area contributed by atoms with Gasteiger partial charge >= 0.3 is 0 Å². The van der Waals surface area contributed by atoms with Gasteiger partial charge in [-0.1, -0.05) is 0 Å². The second-order valence-corrected chi connectivity index (χ2v) is 2.76. The van der Waals surface area contributed by atoms with Gasteiger partial charge < -0.3 is 15.1 Å². The smallest absolute Gasteiger partial charge is 0.209 e. The molecule has 1 amide bonds. The normalized spacial score (nSPS) is 15.6. The van der Waals surface area contributed by atoms with Crippen LogP contribution in [0.3, 0.4) is 0 Å². The van der Waals surface area contributed by atoms with E-state index >= 15 is 0 Å². The Morgan fingerprint density at radius 1 is 1.27 bits per heavy atom. The van der Waals surface area contributed by atoms with E-state index in [1.54, 1.807) is 13.8 Å². The lowest BCUT2D eigenvalue weighted by Gasteiger charge is -2.19. The van der Waals surface area contributed by atoms with Crippen molar-refractivity contribution in [2.75, 3.05) is 13.1 Å². The number of hydrogen-bond donors (Lipinski definition) is 2. The van der Waals surface area contributed by atoms with E-state index in [-0.39, 0.29) is 13.1 Å². The summed E-state index contributed by atoms with van der Waals surface area (Å²) in [6.45, 7) is 3.74. The van der Waals surface area contributed by atoms with Gasteiger partial charge in [0, 0.05) is 13.1 Å². The van der Waals surface area contributed by atoms with E-state index in [1.165, 1.54) is 4.90 Å². The predicted molar refractivity (Wildman–Crippen MR) is 41.0 cm³/mol. The average Bonchev–Trinajstić information content (AvgIpc) is 1.84. The number of nitrogens with zero attached hydrogens (tertiary/aromatic N) is 1. The van der Waals surface area contributed by atoms with Gasteiger partial charge in [-0.3, -0.25) is 4.79 Å². The maximum atomic E-state index is 10.3. The number of amides is 1. The summed E-state index contributed by atoms with van der Waals surface area (Å²) in [5.41, 5.74) is 0. The zero-order valence-corrected chi connectivity index (χ0v) is 6.90. The highest BCUT2D eigenvalue weighted by molar-refractivity contribution is 5.47. The Hall–Kier alpha value is -0.610. The fourth-order valence-corrected chi connectivity index (χ4v) is 0.839. The molecule has 2 N–H and O–H groups in total. The number of hydrogen-bond acceptors (Lipinski definition) is 3. The Morgan fingerprint density at radius 2 is 1.64 bits per heavy atom. The van der Waals surface area contributed by atoms with Gasteiger partial charge in [-0.25, -0.2) is 0 Å². The van der Waals surface area contributed by atoms with E-state index < -0.39 is 12.2 Å². The number of aliphatic hydroxyl groups excluding tert-OH is 2. The molecule has 0 rings (SSSR count). The lowest BCUT2D eigenvalue weighted by Crippen LogP contribution is -2.35. The summed E-state index contributed by atoms with van der Waals surface area (Å²) < 4.78 is 0. The molecular formula is C7H15NO3.